The molecule has 4 bridgehead atoms. The first kappa shape index (κ1) is 21.3. The molecule has 5 fully saturated rings. The number of alkyl halides is 3. The highest BCUT2D eigenvalue weighted by molar-refractivity contribution is 5.81. The van der Waals surface area contributed by atoms with Crippen LogP contribution in [0, 0.1) is 23.2 Å². The van der Waals surface area contributed by atoms with Gasteiger partial charge >= 0.3 is 12.3 Å². The third-order valence-corrected chi connectivity index (χ3v) is 7.65. The minimum absolute atomic E-state index is 0.0744. The predicted molar refractivity (Wildman–Crippen MR) is 106 cm³/mol. The molecular formula is C21H26F3N5O3. The smallest absolute Gasteiger partial charge is 0.446 e. The van der Waals surface area contributed by atoms with E-state index < -0.39 is 23.5 Å². The Morgan fingerprint density at radius 3 is 2.59 bits per heavy atom. The molecule has 174 valence electrons. The second-order valence-electron chi connectivity index (χ2n) is 9.80. The Balaban J connectivity index is 1.18. The number of hydrogen-bond donors (Lipinski definition) is 2. The Morgan fingerprint density at radius 2 is 1.94 bits per heavy atom. The van der Waals surface area contributed by atoms with Crippen LogP contribution in [0.5, 0.6) is 0 Å². The van der Waals surface area contributed by atoms with Crippen molar-refractivity contribution >= 4 is 17.8 Å². The van der Waals surface area contributed by atoms with E-state index in [1.54, 1.807) is 4.90 Å². The third-order valence-electron chi connectivity index (χ3n) is 7.65. The zero-order valence-corrected chi connectivity index (χ0v) is 17.5. The normalized spacial score (nSPS) is 35.7. The number of primary amides is 1. The van der Waals surface area contributed by atoms with Gasteiger partial charge in [-0.3, -0.25) is 4.79 Å². The van der Waals surface area contributed by atoms with E-state index in [4.69, 9.17) is 10.5 Å². The minimum atomic E-state index is -4.62. The van der Waals surface area contributed by atoms with Gasteiger partial charge in [-0.15, -0.1) is 0 Å². The minimum Gasteiger partial charge on any atom is -0.446 e. The van der Waals surface area contributed by atoms with Crippen molar-refractivity contribution in [2.75, 3.05) is 18.4 Å². The maximum absolute atomic E-state index is 12.8. The SMILES string of the molecule is NC(=O)C12CC3CC(C1)C(OC(=O)N1CCC(Nc4ccnc(C(F)(F)F)n4)C1)C(C3)C2. The van der Waals surface area contributed by atoms with Gasteiger partial charge in [0.1, 0.15) is 11.9 Å². The van der Waals surface area contributed by atoms with Crippen LogP contribution in [0.1, 0.15) is 44.3 Å². The molecule has 6 rings (SSSR count). The van der Waals surface area contributed by atoms with Crippen molar-refractivity contribution in [3.63, 3.8) is 0 Å². The first-order valence-corrected chi connectivity index (χ1v) is 11.1. The number of aromatic nitrogens is 2. The zero-order valence-electron chi connectivity index (χ0n) is 17.5. The number of anilines is 1. The number of carbonyl (C=O) groups excluding carboxylic acids is 2. The van der Waals surface area contributed by atoms with Crippen LogP contribution in [-0.2, 0) is 15.7 Å². The number of halogens is 3. The van der Waals surface area contributed by atoms with Gasteiger partial charge in [0.2, 0.25) is 11.7 Å². The molecule has 1 saturated heterocycles. The molecule has 1 aromatic heterocycles. The van der Waals surface area contributed by atoms with Crippen molar-refractivity contribution in [2.24, 2.45) is 28.9 Å². The highest BCUT2D eigenvalue weighted by atomic mass is 19.4. The first-order valence-electron chi connectivity index (χ1n) is 11.1. The molecule has 4 saturated carbocycles. The van der Waals surface area contributed by atoms with Gasteiger partial charge in [0, 0.05) is 25.3 Å². The van der Waals surface area contributed by atoms with Gasteiger partial charge in [-0.25, -0.2) is 14.8 Å². The predicted octanol–water partition coefficient (Wildman–Crippen LogP) is 2.80. The number of nitrogens with one attached hydrogen (secondary N) is 1. The van der Waals surface area contributed by atoms with E-state index in [1.807, 2.05) is 0 Å². The topological polar surface area (TPSA) is 110 Å². The van der Waals surface area contributed by atoms with Crippen LogP contribution in [-0.4, -0.2) is 52.1 Å². The van der Waals surface area contributed by atoms with Crippen LogP contribution in [0.3, 0.4) is 0 Å². The van der Waals surface area contributed by atoms with Gasteiger partial charge in [-0.05, 0) is 62.3 Å². The van der Waals surface area contributed by atoms with E-state index in [-0.39, 0.29) is 35.7 Å². The fraction of sp³-hybridized carbons (Fsp3) is 0.714. The van der Waals surface area contributed by atoms with Crippen molar-refractivity contribution < 1.29 is 27.5 Å². The lowest BCUT2D eigenvalue weighted by Gasteiger charge is -2.58. The number of nitrogens with two attached hydrogens (primary N) is 1. The Bertz CT molecular complexity index is 910. The van der Waals surface area contributed by atoms with Crippen molar-refractivity contribution in [1.82, 2.24) is 14.9 Å². The van der Waals surface area contributed by atoms with Crippen molar-refractivity contribution in [3.05, 3.63) is 18.1 Å². The standard InChI is InChI=1S/C21H26F3N5O3/c22-21(23,24)18-26-3-1-15(28-18)27-14-2-4-29(10-14)19(31)32-16-12-5-11-6-13(16)9-20(7-11,8-12)17(25)30/h1,3,11-14,16H,2,4-10H2,(H2,25,30)(H,26,27,28). The van der Waals surface area contributed by atoms with E-state index in [9.17, 15) is 22.8 Å². The second kappa shape index (κ2) is 7.48. The molecule has 3 N–H and O–H groups in total. The quantitative estimate of drug-likeness (QED) is 0.726. The average Bonchev–Trinajstić information content (AvgIpc) is 3.18. The van der Waals surface area contributed by atoms with Gasteiger partial charge in [-0.2, -0.15) is 13.2 Å². The van der Waals surface area contributed by atoms with Crippen LogP contribution >= 0.6 is 0 Å². The zero-order chi connectivity index (χ0) is 22.7. The number of hydrogen-bond acceptors (Lipinski definition) is 6. The highest BCUT2D eigenvalue weighted by Crippen LogP contribution is 2.60. The summed E-state index contributed by atoms with van der Waals surface area (Å²) in [6.45, 7) is 0.768. The summed E-state index contributed by atoms with van der Waals surface area (Å²) in [7, 11) is 0. The molecular weight excluding hydrogens is 427 g/mol. The summed E-state index contributed by atoms with van der Waals surface area (Å²) in [6.07, 6.45) is 0.567. The summed E-state index contributed by atoms with van der Waals surface area (Å²) in [6, 6.07) is 1.15. The monoisotopic (exact) mass is 453 g/mol. The second-order valence-corrected chi connectivity index (χ2v) is 9.80. The van der Waals surface area contributed by atoms with E-state index in [0.29, 0.717) is 38.3 Å². The van der Waals surface area contributed by atoms with Crippen molar-refractivity contribution in [2.45, 2.75) is 56.8 Å². The fourth-order valence-corrected chi connectivity index (χ4v) is 6.49. The van der Waals surface area contributed by atoms with Gasteiger partial charge in [0.05, 0.1) is 5.41 Å². The number of likely N-dealkylation sites (tertiary alicyclic amines) is 1. The van der Waals surface area contributed by atoms with Gasteiger partial charge in [0.25, 0.3) is 0 Å². The number of nitrogens with zero attached hydrogens (tertiary/aromatic N) is 3. The van der Waals surface area contributed by atoms with Crippen molar-refractivity contribution in [3.8, 4) is 0 Å². The van der Waals surface area contributed by atoms with Gasteiger partial charge < -0.3 is 20.7 Å². The van der Waals surface area contributed by atoms with Gasteiger partial charge in [0.15, 0.2) is 0 Å². The molecule has 3 atom stereocenters. The fourth-order valence-electron chi connectivity index (χ4n) is 6.49. The molecule has 4 aliphatic carbocycles. The summed E-state index contributed by atoms with van der Waals surface area (Å²) in [5.41, 5.74) is 5.28. The molecule has 0 radical (unpaired) electrons. The largest absolute Gasteiger partial charge is 0.451 e. The molecule has 0 aromatic carbocycles. The Hall–Kier alpha value is -2.59. The third kappa shape index (κ3) is 3.75. The molecule has 0 spiro atoms. The molecule has 5 aliphatic rings. The van der Waals surface area contributed by atoms with Crippen LogP contribution in [0.4, 0.5) is 23.8 Å². The van der Waals surface area contributed by atoms with E-state index in [2.05, 4.69) is 15.3 Å². The molecule has 2 heterocycles. The lowest BCUT2D eigenvalue weighted by atomic mass is 9.48. The van der Waals surface area contributed by atoms with Crippen LogP contribution < -0.4 is 11.1 Å². The summed E-state index contributed by atoms with van der Waals surface area (Å²) < 4.78 is 44.4. The summed E-state index contributed by atoms with van der Waals surface area (Å²) in [4.78, 5) is 33.3. The maximum Gasteiger partial charge on any atom is 0.451 e. The average molecular weight is 453 g/mol. The highest BCUT2D eigenvalue weighted by Gasteiger charge is 2.59. The van der Waals surface area contributed by atoms with Crippen molar-refractivity contribution in [1.29, 1.82) is 0 Å². The van der Waals surface area contributed by atoms with Gasteiger partial charge in [-0.1, -0.05) is 0 Å². The first-order chi connectivity index (χ1) is 15.1. The van der Waals surface area contributed by atoms with E-state index in [1.165, 1.54) is 6.07 Å². The maximum atomic E-state index is 12.8. The number of carbonyl (C=O) groups is 2. The lowest BCUT2D eigenvalue weighted by molar-refractivity contribution is -0.161. The summed E-state index contributed by atoms with van der Waals surface area (Å²) >= 11 is 0. The number of rotatable bonds is 4. The van der Waals surface area contributed by atoms with E-state index >= 15 is 0 Å². The molecule has 32 heavy (non-hydrogen) atoms. The molecule has 1 aliphatic heterocycles. The lowest BCUT2D eigenvalue weighted by Crippen LogP contribution is -2.59. The molecule has 11 heteroatoms. The Labute approximate surface area is 183 Å². The Morgan fingerprint density at radius 1 is 1.22 bits per heavy atom. The summed E-state index contributed by atoms with van der Waals surface area (Å²) in [5.74, 6) is -0.553. The molecule has 1 aromatic rings. The van der Waals surface area contributed by atoms with Crippen LogP contribution in [0.25, 0.3) is 0 Å². The Kier molecular flexibility index (Phi) is 4.97. The van der Waals surface area contributed by atoms with Crippen LogP contribution in [0.15, 0.2) is 12.3 Å². The molecule has 3 unspecified atom stereocenters. The number of amides is 2. The van der Waals surface area contributed by atoms with Crippen LogP contribution in [0.2, 0.25) is 0 Å². The molecule has 2 amide bonds. The number of ether oxygens (including phenoxy) is 1. The summed E-state index contributed by atoms with van der Waals surface area (Å²) in [5, 5.41) is 2.96. The van der Waals surface area contributed by atoms with E-state index in [0.717, 1.165) is 25.5 Å². The molecule has 8 nitrogen and oxygen atoms in total.